The molecular weight excluding hydrogens is 286 g/mol. The molecule has 0 aliphatic carbocycles. The number of para-hydroxylation sites is 1. The Bertz CT molecular complexity index is 810. The third kappa shape index (κ3) is 2.62. The molecule has 0 unspecified atom stereocenters. The van der Waals surface area contributed by atoms with Gasteiger partial charge in [0, 0.05) is 5.02 Å². The van der Waals surface area contributed by atoms with Crippen molar-refractivity contribution >= 4 is 28.5 Å². The Labute approximate surface area is 127 Å². The van der Waals surface area contributed by atoms with Crippen molar-refractivity contribution in [1.82, 2.24) is 9.97 Å². The van der Waals surface area contributed by atoms with Crippen LogP contribution in [0, 0.1) is 13.8 Å². The molecule has 2 aromatic carbocycles. The summed E-state index contributed by atoms with van der Waals surface area (Å²) in [5.74, 6) is 1.31. The van der Waals surface area contributed by atoms with Gasteiger partial charge in [0.2, 0.25) is 11.8 Å². The van der Waals surface area contributed by atoms with Crippen LogP contribution >= 0.6 is 11.6 Å². The molecule has 106 valence electrons. The molecule has 0 aliphatic heterocycles. The molecule has 0 amide bonds. The van der Waals surface area contributed by atoms with Crippen LogP contribution in [0.5, 0.6) is 11.6 Å². The molecule has 3 rings (SSSR count). The van der Waals surface area contributed by atoms with Crippen LogP contribution in [0.4, 0.5) is 5.95 Å². The molecule has 0 fully saturated rings. The number of fused-ring (bicyclic) bond motifs is 1. The van der Waals surface area contributed by atoms with Gasteiger partial charge in [-0.1, -0.05) is 23.7 Å². The Balaban J connectivity index is 2.10. The topological polar surface area (TPSA) is 61.0 Å². The van der Waals surface area contributed by atoms with Gasteiger partial charge in [0.1, 0.15) is 5.75 Å². The molecule has 1 aromatic heterocycles. The highest BCUT2D eigenvalue weighted by atomic mass is 35.5. The Hall–Kier alpha value is -2.33. The number of hydrogen-bond acceptors (Lipinski definition) is 4. The molecule has 0 saturated heterocycles. The number of aromatic nitrogens is 2. The molecule has 4 nitrogen and oxygen atoms in total. The fourth-order valence-electron chi connectivity index (χ4n) is 2.22. The largest absolute Gasteiger partial charge is 0.438 e. The smallest absolute Gasteiger partial charge is 0.231 e. The summed E-state index contributed by atoms with van der Waals surface area (Å²) in [6.07, 6.45) is 0. The minimum atomic E-state index is 0.186. The number of nitrogen functional groups attached to an aromatic ring is 1. The van der Waals surface area contributed by atoms with E-state index in [0.717, 1.165) is 27.1 Å². The lowest BCUT2D eigenvalue weighted by Gasteiger charge is -2.11. The zero-order valence-electron chi connectivity index (χ0n) is 11.7. The van der Waals surface area contributed by atoms with Gasteiger partial charge in [-0.15, -0.1) is 0 Å². The minimum Gasteiger partial charge on any atom is -0.438 e. The normalized spacial score (nSPS) is 10.8. The first-order valence-electron chi connectivity index (χ1n) is 6.51. The van der Waals surface area contributed by atoms with Gasteiger partial charge in [-0.2, -0.15) is 4.98 Å². The predicted octanol–water partition coefficient (Wildman–Crippen LogP) is 4.27. The molecule has 0 saturated carbocycles. The molecule has 0 radical (unpaired) electrons. The molecule has 0 bridgehead atoms. The summed E-state index contributed by atoms with van der Waals surface area (Å²) in [5, 5.41) is 1.56. The predicted molar refractivity (Wildman–Crippen MR) is 85.0 cm³/mol. The first kappa shape index (κ1) is 13.6. The van der Waals surface area contributed by atoms with E-state index in [1.54, 1.807) is 0 Å². The maximum atomic E-state index is 6.17. The molecule has 21 heavy (non-hydrogen) atoms. The zero-order chi connectivity index (χ0) is 15.0. The number of anilines is 1. The molecule has 5 heteroatoms. The van der Waals surface area contributed by atoms with E-state index in [4.69, 9.17) is 22.1 Å². The minimum absolute atomic E-state index is 0.186. The van der Waals surface area contributed by atoms with Crippen LogP contribution in [0.15, 0.2) is 36.4 Å². The number of aryl methyl sites for hydroxylation is 2. The van der Waals surface area contributed by atoms with Gasteiger partial charge in [-0.3, -0.25) is 0 Å². The number of nitrogens with zero attached hydrogens (tertiary/aromatic N) is 2. The van der Waals surface area contributed by atoms with E-state index in [9.17, 15) is 0 Å². The molecule has 0 aliphatic rings. The number of halogens is 1. The van der Waals surface area contributed by atoms with Crippen molar-refractivity contribution < 1.29 is 4.74 Å². The third-order valence-electron chi connectivity index (χ3n) is 3.21. The van der Waals surface area contributed by atoms with Gasteiger partial charge in [0.15, 0.2) is 0 Å². The number of rotatable bonds is 2. The summed E-state index contributed by atoms with van der Waals surface area (Å²) in [7, 11) is 0. The van der Waals surface area contributed by atoms with Gasteiger partial charge in [-0.05, 0) is 49.2 Å². The van der Waals surface area contributed by atoms with Crippen LogP contribution in [-0.2, 0) is 0 Å². The van der Waals surface area contributed by atoms with Crippen molar-refractivity contribution in [3.05, 3.63) is 52.5 Å². The first-order chi connectivity index (χ1) is 10.0. The van der Waals surface area contributed by atoms with Crippen molar-refractivity contribution in [2.24, 2.45) is 0 Å². The summed E-state index contributed by atoms with van der Waals surface area (Å²) < 4.78 is 5.90. The maximum absolute atomic E-state index is 6.17. The Morgan fingerprint density at radius 2 is 1.71 bits per heavy atom. The van der Waals surface area contributed by atoms with Gasteiger partial charge in [-0.25, -0.2) is 4.98 Å². The molecule has 0 atom stereocenters. The SMILES string of the molecule is Cc1cc(Oc2nc(N)nc3ccccc23)cc(C)c1Cl. The lowest BCUT2D eigenvalue weighted by Crippen LogP contribution is -1.99. The van der Waals surface area contributed by atoms with Gasteiger partial charge in [0.25, 0.3) is 0 Å². The Morgan fingerprint density at radius 1 is 1.05 bits per heavy atom. The second kappa shape index (κ2) is 5.22. The lowest BCUT2D eigenvalue weighted by molar-refractivity contribution is 0.468. The van der Waals surface area contributed by atoms with E-state index >= 15 is 0 Å². The number of benzene rings is 2. The standard InChI is InChI=1S/C16H14ClN3O/c1-9-7-11(8-10(2)14(9)17)21-15-12-5-3-4-6-13(12)19-16(18)20-15/h3-8H,1-2H3,(H2,18,19,20). The average molecular weight is 300 g/mol. The number of nitrogens with two attached hydrogens (primary N) is 1. The summed E-state index contributed by atoms with van der Waals surface area (Å²) in [6.45, 7) is 3.88. The molecule has 2 N–H and O–H groups in total. The average Bonchev–Trinajstić information content (AvgIpc) is 2.44. The van der Waals surface area contributed by atoms with Crippen molar-refractivity contribution in [2.75, 3.05) is 5.73 Å². The monoisotopic (exact) mass is 299 g/mol. The highest BCUT2D eigenvalue weighted by Gasteiger charge is 2.10. The van der Waals surface area contributed by atoms with Crippen molar-refractivity contribution in [2.45, 2.75) is 13.8 Å². The first-order valence-corrected chi connectivity index (χ1v) is 6.89. The second-order valence-electron chi connectivity index (χ2n) is 4.88. The van der Waals surface area contributed by atoms with Crippen LogP contribution < -0.4 is 10.5 Å². The van der Waals surface area contributed by atoms with Crippen molar-refractivity contribution in [1.29, 1.82) is 0 Å². The van der Waals surface area contributed by atoms with Crippen LogP contribution in [-0.4, -0.2) is 9.97 Å². The molecule has 0 spiro atoms. The molecule has 1 heterocycles. The maximum Gasteiger partial charge on any atom is 0.231 e. The molecule has 3 aromatic rings. The summed E-state index contributed by atoms with van der Waals surface area (Å²) in [4.78, 5) is 8.38. The summed E-state index contributed by atoms with van der Waals surface area (Å²) >= 11 is 6.17. The van der Waals surface area contributed by atoms with Crippen molar-refractivity contribution in [3.63, 3.8) is 0 Å². The van der Waals surface area contributed by atoms with Crippen LogP contribution in [0.2, 0.25) is 5.02 Å². The second-order valence-corrected chi connectivity index (χ2v) is 5.26. The summed E-state index contributed by atoms with van der Waals surface area (Å²) in [6, 6.07) is 11.3. The van der Waals surface area contributed by atoms with E-state index in [2.05, 4.69) is 9.97 Å². The Morgan fingerprint density at radius 3 is 2.43 bits per heavy atom. The number of ether oxygens (including phenoxy) is 1. The van der Waals surface area contributed by atoms with E-state index in [1.807, 2.05) is 50.2 Å². The number of hydrogen-bond donors (Lipinski definition) is 1. The van der Waals surface area contributed by atoms with Gasteiger partial charge in [0.05, 0.1) is 10.9 Å². The molecular formula is C16H14ClN3O. The van der Waals surface area contributed by atoms with Crippen LogP contribution in [0.1, 0.15) is 11.1 Å². The van der Waals surface area contributed by atoms with Crippen LogP contribution in [0.3, 0.4) is 0 Å². The quantitative estimate of drug-likeness (QED) is 0.767. The summed E-state index contributed by atoms with van der Waals surface area (Å²) in [5.41, 5.74) is 8.40. The zero-order valence-corrected chi connectivity index (χ0v) is 12.5. The van der Waals surface area contributed by atoms with E-state index in [0.29, 0.717) is 11.6 Å². The fourth-order valence-corrected chi connectivity index (χ4v) is 2.33. The van der Waals surface area contributed by atoms with E-state index in [1.165, 1.54) is 0 Å². The van der Waals surface area contributed by atoms with E-state index < -0.39 is 0 Å². The van der Waals surface area contributed by atoms with Crippen molar-refractivity contribution in [3.8, 4) is 11.6 Å². The van der Waals surface area contributed by atoms with Crippen LogP contribution in [0.25, 0.3) is 10.9 Å². The highest BCUT2D eigenvalue weighted by Crippen LogP contribution is 2.31. The Kier molecular flexibility index (Phi) is 3.39. The van der Waals surface area contributed by atoms with Gasteiger partial charge >= 0.3 is 0 Å². The highest BCUT2D eigenvalue weighted by molar-refractivity contribution is 6.32. The third-order valence-corrected chi connectivity index (χ3v) is 3.81. The van der Waals surface area contributed by atoms with E-state index in [-0.39, 0.29) is 5.95 Å². The lowest BCUT2D eigenvalue weighted by atomic mass is 10.1. The fraction of sp³-hybridized carbons (Fsp3) is 0.125. The van der Waals surface area contributed by atoms with Gasteiger partial charge < -0.3 is 10.5 Å².